The van der Waals surface area contributed by atoms with Gasteiger partial charge in [0, 0.05) is 50.4 Å². The number of pyridine rings is 1. The van der Waals surface area contributed by atoms with E-state index in [1.54, 1.807) is 24.3 Å². The van der Waals surface area contributed by atoms with E-state index in [2.05, 4.69) is 22.5 Å². The lowest BCUT2D eigenvalue weighted by molar-refractivity contribution is -0.120. The number of hydrogen-bond acceptors (Lipinski definition) is 6. The summed E-state index contributed by atoms with van der Waals surface area (Å²) in [6.45, 7) is 3.42. The predicted molar refractivity (Wildman–Crippen MR) is 159 cm³/mol. The number of benzene rings is 2. The molecule has 4 aliphatic rings. The maximum absolute atomic E-state index is 13.4. The second-order valence-electron chi connectivity index (χ2n) is 12.1. The zero-order valence-corrected chi connectivity index (χ0v) is 23.7. The van der Waals surface area contributed by atoms with E-state index in [1.165, 1.54) is 36.8 Å². The van der Waals surface area contributed by atoms with E-state index in [-0.39, 0.29) is 24.3 Å². The average Bonchev–Trinajstić information content (AvgIpc) is 3.98. The highest BCUT2D eigenvalue weighted by Crippen LogP contribution is 2.47. The number of amides is 2. The summed E-state index contributed by atoms with van der Waals surface area (Å²) in [6.07, 6.45) is 7.14. The lowest BCUT2D eigenvalue weighted by Gasteiger charge is -2.36. The Morgan fingerprint density at radius 1 is 0.857 bits per heavy atom. The molecule has 2 aliphatic heterocycles. The summed E-state index contributed by atoms with van der Waals surface area (Å²) >= 11 is 0. The number of carbonyl (C=O) groups is 3. The van der Waals surface area contributed by atoms with Crippen LogP contribution in [0.2, 0.25) is 0 Å². The van der Waals surface area contributed by atoms with Gasteiger partial charge in [-0.05, 0) is 78.5 Å². The standard InChI is InChI=1S/C34H36N4O4/c39-32-30(28(20-36-32)21-42-34(41)26-4-2-1-3-5-26)24-10-12-25(13-11-24)33(40)38-16-14-37(15-17-38)31-29(23-8-9-23)18-27(19-35-31)22-6-7-22/h1-5,10-13,18-19,22-23,28,30H,6-9,14-17,20-21H2,(H,36,39)/t28?,30-/m0/s1. The van der Waals surface area contributed by atoms with Crippen molar-refractivity contribution in [3.63, 3.8) is 0 Å². The lowest BCUT2D eigenvalue weighted by atomic mass is 9.88. The molecule has 216 valence electrons. The van der Waals surface area contributed by atoms with Crippen LogP contribution < -0.4 is 10.2 Å². The maximum atomic E-state index is 13.4. The minimum absolute atomic E-state index is 0.00451. The normalized spacial score (nSPS) is 22.1. The van der Waals surface area contributed by atoms with Crippen LogP contribution in [-0.2, 0) is 9.53 Å². The fourth-order valence-electron chi connectivity index (χ4n) is 6.32. The van der Waals surface area contributed by atoms with Gasteiger partial charge in [-0.15, -0.1) is 0 Å². The maximum Gasteiger partial charge on any atom is 0.338 e. The van der Waals surface area contributed by atoms with Crippen LogP contribution in [0.1, 0.15) is 80.8 Å². The first-order valence-corrected chi connectivity index (χ1v) is 15.2. The van der Waals surface area contributed by atoms with Gasteiger partial charge in [0.2, 0.25) is 5.91 Å². The molecule has 2 saturated carbocycles. The summed E-state index contributed by atoms with van der Waals surface area (Å²) < 4.78 is 5.54. The molecule has 7 rings (SSSR count). The molecule has 0 bridgehead atoms. The molecule has 3 heterocycles. The van der Waals surface area contributed by atoms with Crippen LogP contribution in [0.5, 0.6) is 0 Å². The third-order valence-corrected chi connectivity index (χ3v) is 9.10. The van der Waals surface area contributed by atoms with Gasteiger partial charge in [0.15, 0.2) is 0 Å². The average molecular weight is 565 g/mol. The monoisotopic (exact) mass is 564 g/mol. The third kappa shape index (κ3) is 5.50. The lowest BCUT2D eigenvalue weighted by Crippen LogP contribution is -2.49. The van der Waals surface area contributed by atoms with Crippen molar-refractivity contribution in [2.45, 2.75) is 43.4 Å². The van der Waals surface area contributed by atoms with E-state index in [0.717, 1.165) is 24.5 Å². The van der Waals surface area contributed by atoms with Crippen LogP contribution in [0.15, 0.2) is 66.9 Å². The molecular formula is C34H36N4O4. The molecule has 1 unspecified atom stereocenters. The summed E-state index contributed by atoms with van der Waals surface area (Å²) in [4.78, 5) is 47.7. The van der Waals surface area contributed by atoms with Crippen molar-refractivity contribution in [2.24, 2.45) is 5.92 Å². The Labute approximate surface area is 246 Å². The Kier molecular flexibility index (Phi) is 7.14. The zero-order valence-electron chi connectivity index (χ0n) is 23.7. The van der Waals surface area contributed by atoms with Crippen LogP contribution in [0.4, 0.5) is 5.82 Å². The molecule has 8 nitrogen and oxygen atoms in total. The topological polar surface area (TPSA) is 91.8 Å². The number of nitrogens with zero attached hydrogens (tertiary/aromatic N) is 3. The molecule has 42 heavy (non-hydrogen) atoms. The smallest absolute Gasteiger partial charge is 0.338 e. The quantitative estimate of drug-likeness (QED) is 0.406. The van der Waals surface area contributed by atoms with Gasteiger partial charge in [-0.3, -0.25) is 9.59 Å². The summed E-state index contributed by atoms with van der Waals surface area (Å²) in [5.41, 5.74) is 4.72. The van der Waals surface area contributed by atoms with Crippen molar-refractivity contribution >= 4 is 23.6 Å². The highest BCUT2D eigenvalue weighted by Gasteiger charge is 2.37. The highest BCUT2D eigenvalue weighted by atomic mass is 16.5. The summed E-state index contributed by atoms with van der Waals surface area (Å²) in [6, 6.07) is 18.6. The van der Waals surface area contributed by atoms with Crippen LogP contribution in [0, 0.1) is 5.92 Å². The zero-order chi connectivity index (χ0) is 28.6. The molecule has 0 radical (unpaired) electrons. The number of esters is 1. The molecule has 1 N–H and O–H groups in total. The molecule has 2 aromatic carbocycles. The van der Waals surface area contributed by atoms with E-state index in [0.29, 0.717) is 42.6 Å². The van der Waals surface area contributed by atoms with Crippen LogP contribution in [0.3, 0.4) is 0 Å². The minimum Gasteiger partial charge on any atom is -0.462 e. The minimum atomic E-state index is -0.430. The molecule has 1 aromatic heterocycles. The van der Waals surface area contributed by atoms with Crippen molar-refractivity contribution in [1.82, 2.24) is 15.2 Å². The van der Waals surface area contributed by atoms with Crippen LogP contribution in [-0.4, -0.2) is 67.0 Å². The Bertz CT molecular complexity index is 1480. The summed E-state index contributed by atoms with van der Waals surface area (Å²) in [5, 5.41) is 2.90. The molecule has 2 amide bonds. The molecule has 0 spiro atoms. The molecular weight excluding hydrogens is 528 g/mol. The van der Waals surface area contributed by atoms with Gasteiger partial charge in [0.1, 0.15) is 5.82 Å². The van der Waals surface area contributed by atoms with Gasteiger partial charge in [-0.1, -0.05) is 36.4 Å². The predicted octanol–water partition coefficient (Wildman–Crippen LogP) is 4.49. The van der Waals surface area contributed by atoms with Gasteiger partial charge >= 0.3 is 5.97 Å². The van der Waals surface area contributed by atoms with E-state index >= 15 is 0 Å². The van der Waals surface area contributed by atoms with Crippen molar-refractivity contribution < 1.29 is 19.1 Å². The number of rotatable bonds is 8. The molecule has 2 aliphatic carbocycles. The van der Waals surface area contributed by atoms with Crippen LogP contribution in [0.25, 0.3) is 0 Å². The van der Waals surface area contributed by atoms with E-state index in [1.807, 2.05) is 35.2 Å². The molecule has 4 fully saturated rings. The van der Waals surface area contributed by atoms with Crippen molar-refractivity contribution in [1.29, 1.82) is 0 Å². The number of hydrogen-bond donors (Lipinski definition) is 1. The van der Waals surface area contributed by atoms with Gasteiger partial charge in [-0.2, -0.15) is 0 Å². The fraction of sp³-hybridized carbons (Fsp3) is 0.412. The van der Waals surface area contributed by atoms with Gasteiger partial charge in [0.25, 0.3) is 5.91 Å². The molecule has 8 heteroatoms. The first-order chi connectivity index (χ1) is 20.5. The number of aromatic nitrogens is 1. The number of carbonyl (C=O) groups excluding carboxylic acids is 3. The van der Waals surface area contributed by atoms with E-state index in [4.69, 9.17) is 9.72 Å². The number of anilines is 1. The van der Waals surface area contributed by atoms with Crippen molar-refractivity contribution in [2.75, 3.05) is 44.2 Å². The number of ether oxygens (including phenoxy) is 1. The first-order valence-electron chi connectivity index (χ1n) is 15.2. The Morgan fingerprint density at radius 3 is 2.26 bits per heavy atom. The van der Waals surface area contributed by atoms with Gasteiger partial charge in [-0.25, -0.2) is 9.78 Å². The molecule has 2 saturated heterocycles. The van der Waals surface area contributed by atoms with Gasteiger partial charge in [0.05, 0.1) is 18.1 Å². The van der Waals surface area contributed by atoms with Crippen LogP contribution >= 0.6 is 0 Å². The first kappa shape index (κ1) is 26.7. The fourth-order valence-corrected chi connectivity index (χ4v) is 6.32. The van der Waals surface area contributed by atoms with Gasteiger partial charge < -0.3 is 19.9 Å². The number of nitrogens with one attached hydrogen (secondary N) is 1. The molecule has 3 aromatic rings. The number of piperazine rings is 1. The summed E-state index contributed by atoms with van der Waals surface area (Å²) in [7, 11) is 0. The third-order valence-electron chi connectivity index (χ3n) is 9.10. The Balaban J connectivity index is 0.968. The second kappa shape index (κ2) is 11.2. The Hall–Kier alpha value is -4.20. The Morgan fingerprint density at radius 2 is 1.57 bits per heavy atom. The van der Waals surface area contributed by atoms with E-state index in [9.17, 15) is 14.4 Å². The highest BCUT2D eigenvalue weighted by molar-refractivity contribution is 5.95. The van der Waals surface area contributed by atoms with Crippen molar-refractivity contribution in [3.05, 3.63) is 94.7 Å². The largest absolute Gasteiger partial charge is 0.462 e. The molecule has 2 atom stereocenters. The summed E-state index contributed by atoms with van der Waals surface area (Å²) in [5.74, 6) is 1.37. The second-order valence-corrected chi connectivity index (χ2v) is 12.1. The SMILES string of the molecule is O=C(OCC1CNC(=O)[C@H]1c1ccc(C(=O)N2CCN(c3ncc(C4CC4)cc3C3CC3)CC2)cc1)c1ccccc1. The van der Waals surface area contributed by atoms with E-state index < -0.39 is 11.9 Å². The van der Waals surface area contributed by atoms with Crippen molar-refractivity contribution in [3.8, 4) is 0 Å².